The lowest BCUT2D eigenvalue weighted by atomic mass is 9.84. The van der Waals surface area contributed by atoms with Crippen LogP contribution in [0, 0.1) is 5.41 Å². The number of carbonyl (C=O) groups is 1. The Kier molecular flexibility index (Phi) is 3.90. The van der Waals surface area contributed by atoms with Crippen molar-refractivity contribution in [1.29, 1.82) is 0 Å². The largest absolute Gasteiger partial charge is 0.299 e. The predicted molar refractivity (Wildman–Crippen MR) is 64.8 cm³/mol. The van der Waals surface area contributed by atoms with Gasteiger partial charge in [-0.25, -0.2) is 0 Å². The number of hydrogen-bond acceptors (Lipinski definition) is 2. The fourth-order valence-electron chi connectivity index (χ4n) is 1.04. The molecule has 1 heterocycles. The highest BCUT2D eigenvalue weighted by molar-refractivity contribution is 9.11. The Morgan fingerprint density at radius 1 is 1.50 bits per heavy atom. The van der Waals surface area contributed by atoms with Gasteiger partial charge in [-0.05, 0) is 34.5 Å². The van der Waals surface area contributed by atoms with Gasteiger partial charge in [-0.15, -0.1) is 11.3 Å². The fraction of sp³-hybridized carbons (Fsp3) is 0.545. The molecular weight excluding hydrogens is 260 g/mol. The van der Waals surface area contributed by atoms with E-state index in [9.17, 15) is 4.79 Å². The average molecular weight is 275 g/mol. The number of Topliss-reactive ketones (excluding diaryl/α,β-unsaturated/α-hetero) is 1. The summed E-state index contributed by atoms with van der Waals surface area (Å²) >= 11 is 5.04. The van der Waals surface area contributed by atoms with Gasteiger partial charge in [0, 0.05) is 16.7 Å². The van der Waals surface area contributed by atoms with Crippen molar-refractivity contribution in [1.82, 2.24) is 0 Å². The minimum absolute atomic E-state index is 0.184. The first-order valence-corrected chi connectivity index (χ1v) is 6.34. The summed E-state index contributed by atoms with van der Waals surface area (Å²) in [6.07, 6.45) is 1.47. The first-order chi connectivity index (χ1) is 6.45. The molecule has 0 unspecified atom stereocenters. The Morgan fingerprint density at radius 2 is 2.14 bits per heavy atom. The molecule has 0 spiro atoms. The van der Waals surface area contributed by atoms with Crippen LogP contribution in [0.2, 0.25) is 0 Å². The number of halogens is 1. The zero-order chi connectivity index (χ0) is 10.8. The Bertz CT molecular complexity index is 328. The molecule has 1 aromatic heterocycles. The lowest BCUT2D eigenvalue weighted by molar-refractivity contribution is -0.126. The van der Waals surface area contributed by atoms with Gasteiger partial charge in [-0.3, -0.25) is 4.79 Å². The maximum absolute atomic E-state index is 11.9. The number of thiophene rings is 1. The van der Waals surface area contributed by atoms with Crippen molar-refractivity contribution in [2.45, 2.75) is 33.6 Å². The smallest absolute Gasteiger partial charge is 0.143 e. The van der Waals surface area contributed by atoms with Crippen LogP contribution in [0.25, 0.3) is 0 Å². The van der Waals surface area contributed by atoms with E-state index in [1.165, 1.54) is 0 Å². The molecule has 0 saturated heterocycles. The SMILES string of the molecule is CCC(C)(C)C(=O)Cc1ccc(Br)s1. The molecule has 0 N–H and O–H groups in total. The minimum Gasteiger partial charge on any atom is -0.299 e. The van der Waals surface area contributed by atoms with Gasteiger partial charge in [0.15, 0.2) is 0 Å². The number of ketones is 1. The molecule has 0 aliphatic rings. The van der Waals surface area contributed by atoms with Gasteiger partial charge in [0.05, 0.1) is 3.79 Å². The molecule has 0 amide bonds. The summed E-state index contributed by atoms with van der Waals surface area (Å²) in [6, 6.07) is 4.00. The highest BCUT2D eigenvalue weighted by Gasteiger charge is 2.25. The van der Waals surface area contributed by atoms with Crippen LogP contribution in [-0.2, 0) is 11.2 Å². The summed E-state index contributed by atoms with van der Waals surface area (Å²) < 4.78 is 1.09. The maximum Gasteiger partial charge on any atom is 0.143 e. The first kappa shape index (κ1) is 11.9. The molecule has 1 rings (SSSR count). The van der Waals surface area contributed by atoms with Crippen molar-refractivity contribution in [3.63, 3.8) is 0 Å². The topological polar surface area (TPSA) is 17.1 Å². The summed E-state index contributed by atoms with van der Waals surface area (Å²) in [7, 11) is 0. The van der Waals surface area contributed by atoms with E-state index in [0.29, 0.717) is 12.2 Å². The van der Waals surface area contributed by atoms with Gasteiger partial charge < -0.3 is 0 Å². The molecule has 0 aliphatic carbocycles. The Morgan fingerprint density at radius 3 is 2.57 bits per heavy atom. The summed E-state index contributed by atoms with van der Waals surface area (Å²) in [5, 5.41) is 0. The van der Waals surface area contributed by atoms with Crippen LogP contribution in [0.4, 0.5) is 0 Å². The van der Waals surface area contributed by atoms with E-state index in [1.807, 2.05) is 26.0 Å². The van der Waals surface area contributed by atoms with Crippen LogP contribution >= 0.6 is 27.3 Å². The van der Waals surface area contributed by atoms with Crippen LogP contribution in [0.15, 0.2) is 15.9 Å². The van der Waals surface area contributed by atoms with Gasteiger partial charge in [0.2, 0.25) is 0 Å². The van der Waals surface area contributed by atoms with Crippen LogP contribution in [0.3, 0.4) is 0 Å². The van der Waals surface area contributed by atoms with Crippen molar-refractivity contribution < 1.29 is 4.79 Å². The second kappa shape index (κ2) is 4.58. The van der Waals surface area contributed by atoms with E-state index in [2.05, 4.69) is 22.9 Å². The molecular formula is C11H15BrOS. The quantitative estimate of drug-likeness (QED) is 0.810. The lowest BCUT2D eigenvalue weighted by Crippen LogP contribution is -2.24. The number of rotatable bonds is 4. The third kappa shape index (κ3) is 2.92. The van der Waals surface area contributed by atoms with E-state index in [0.717, 1.165) is 15.1 Å². The van der Waals surface area contributed by atoms with E-state index >= 15 is 0 Å². The van der Waals surface area contributed by atoms with E-state index in [-0.39, 0.29) is 5.41 Å². The summed E-state index contributed by atoms with van der Waals surface area (Å²) in [5.41, 5.74) is -0.184. The number of carbonyl (C=O) groups excluding carboxylic acids is 1. The fourth-order valence-corrected chi connectivity index (χ4v) is 2.52. The molecule has 0 saturated carbocycles. The van der Waals surface area contributed by atoms with Crippen LogP contribution in [0.5, 0.6) is 0 Å². The minimum atomic E-state index is -0.184. The van der Waals surface area contributed by atoms with Crippen molar-refractivity contribution >= 4 is 33.0 Å². The van der Waals surface area contributed by atoms with Crippen LogP contribution in [0.1, 0.15) is 32.1 Å². The van der Waals surface area contributed by atoms with Crippen molar-refractivity contribution in [2.24, 2.45) is 5.41 Å². The molecule has 0 atom stereocenters. The van der Waals surface area contributed by atoms with Crippen molar-refractivity contribution in [3.05, 3.63) is 20.8 Å². The normalized spacial score (nSPS) is 11.7. The standard InChI is InChI=1S/C11H15BrOS/c1-4-11(2,3)9(13)7-8-5-6-10(12)14-8/h5-6H,4,7H2,1-3H3. The zero-order valence-corrected chi connectivity index (χ0v) is 11.2. The molecule has 0 aromatic carbocycles. The van der Waals surface area contributed by atoms with Crippen molar-refractivity contribution in [3.8, 4) is 0 Å². The molecule has 1 nitrogen and oxygen atoms in total. The van der Waals surface area contributed by atoms with E-state index in [4.69, 9.17) is 0 Å². The highest BCUT2D eigenvalue weighted by Crippen LogP contribution is 2.27. The number of hydrogen-bond donors (Lipinski definition) is 0. The molecule has 78 valence electrons. The van der Waals surface area contributed by atoms with Crippen LogP contribution in [-0.4, -0.2) is 5.78 Å². The maximum atomic E-state index is 11.9. The third-order valence-electron chi connectivity index (χ3n) is 2.60. The average Bonchev–Trinajstić information content (AvgIpc) is 2.51. The summed E-state index contributed by atoms with van der Waals surface area (Å²) in [4.78, 5) is 13.0. The highest BCUT2D eigenvalue weighted by atomic mass is 79.9. The lowest BCUT2D eigenvalue weighted by Gasteiger charge is -2.20. The predicted octanol–water partition coefficient (Wildman–Crippen LogP) is 4.06. The summed E-state index contributed by atoms with van der Waals surface area (Å²) in [5.74, 6) is 0.328. The van der Waals surface area contributed by atoms with Crippen molar-refractivity contribution in [2.75, 3.05) is 0 Å². The molecule has 0 bridgehead atoms. The Hall–Kier alpha value is -0.150. The van der Waals surface area contributed by atoms with Gasteiger partial charge >= 0.3 is 0 Å². The second-order valence-electron chi connectivity index (χ2n) is 4.04. The van der Waals surface area contributed by atoms with Gasteiger partial charge in [0.1, 0.15) is 5.78 Å². The first-order valence-electron chi connectivity index (χ1n) is 4.73. The summed E-state index contributed by atoms with van der Waals surface area (Å²) in [6.45, 7) is 6.08. The third-order valence-corrected chi connectivity index (χ3v) is 4.23. The molecule has 0 fully saturated rings. The zero-order valence-electron chi connectivity index (χ0n) is 8.76. The van der Waals surface area contributed by atoms with Gasteiger partial charge in [0.25, 0.3) is 0 Å². The Balaban J connectivity index is 2.66. The monoisotopic (exact) mass is 274 g/mol. The van der Waals surface area contributed by atoms with E-state index < -0.39 is 0 Å². The second-order valence-corrected chi connectivity index (χ2v) is 6.59. The van der Waals surface area contributed by atoms with Crippen LogP contribution < -0.4 is 0 Å². The molecule has 3 heteroatoms. The molecule has 1 aromatic rings. The Labute approximate surface area is 97.7 Å². The van der Waals surface area contributed by atoms with Gasteiger partial charge in [-0.2, -0.15) is 0 Å². The van der Waals surface area contributed by atoms with E-state index in [1.54, 1.807) is 11.3 Å². The molecule has 0 aliphatic heterocycles. The molecule has 14 heavy (non-hydrogen) atoms. The van der Waals surface area contributed by atoms with Gasteiger partial charge in [-0.1, -0.05) is 20.8 Å². The molecule has 0 radical (unpaired) electrons.